The van der Waals surface area contributed by atoms with Crippen LogP contribution in [0.25, 0.3) is 16.5 Å². The molecular weight excluding hydrogens is 304 g/mol. The molecule has 2 atom stereocenters. The molecule has 0 radical (unpaired) electrons. The van der Waals surface area contributed by atoms with Crippen molar-refractivity contribution in [2.24, 2.45) is 7.05 Å². The summed E-state index contributed by atoms with van der Waals surface area (Å²) in [5, 5.41) is 11.2. The van der Waals surface area contributed by atoms with Gasteiger partial charge in [0.2, 0.25) is 0 Å². The third-order valence-electron chi connectivity index (χ3n) is 5.26. The van der Waals surface area contributed by atoms with Crippen LogP contribution in [0.15, 0.2) is 30.5 Å². The third-order valence-corrected chi connectivity index (χ3v) is 5.26. The number of likely N-dealkylation sites (N-methyl/N-ethyl adjacent to an activating group) is 1. The summed E-state index contributed by atoms with van der Waals surface area (Å²) < 4.78 is 7.69. The molecule has 2 aromatic rings. The van der Waals surface area contributed by atoms with Crippen molar-refractivity contribution < 1.29 is 14.6 Å². The number of fused-ring (bicyclic) bond motifs is 2. The van der Waals surface area contributed by atoms with E-state index in [1.165, 1.54) is 29.0 Å². The second-order valence-corrected chi connectivity index (χ2v) is 7.02. The standard InChI is InChI=1S/C19H22N2O3/c1-12(23)24-19(11-22)8-15-14-5-4-6-16-18(14)13(9-20(16)2)7-17(15)21(3)10-19/h4-6,8-9,17,22H,7,10-11H2,1-3H3/t17-,19+/m1/s1. The molecular formula is C19H22N2O3. The SMILES string of the molecule is CC(=O)O[C@@]1(CO)C=C2c3cccc4c3c(cn4C)C[C@H]2N(C)C1. The van der Waals surface area contributed by atoms with Gasteiger partial charge in [0.05, 0.1) is 6.61 Å². The van der Waals surface area contributed by atoms with Gasteiger partial charge in [-0.25, -0.2) is 0 Å². The lowest BCUT2D eigenvalue weighted by molar-refractivity contribution is -0.158. The van der Waals surface area contributed by atoms with E-state index in [0.717, 1.165) is 12.0 Å². The molecule has 4 rings (SSSR count). The van der Waals surface area contributed by atoms with E-state index in [1.807, 2.05) is 13.1 Å². The minimum atomic E-state index is -0.971. The van der Waals surface area contributed by atoms with Gasteiger partial charge in [0.1, 0.15) is 0 Å². The Kier molecular flexibility index (Phi) is 3.34. The number of aromatic nitrogens is 1. The van der Waals surface area contributed by atoms with E-state index in [1.54, 1.807) is 0 Å². The van der Waals surface area contributed by atoms with Crippen molar-refractivity contribution in [3.63, 3.8) is 0 Å². The number of aliphatic hydroxyl groups excluding tert-OH is 1. The van der Waals surface area contributed by atoms with E-state index in [0.29, 0.717) is 6.54 Å². The molecule has 2 aliphatic rings. The Balaban J connectivity index is 1.94. The third kappa shape index (κ3) is 2.12. The Morgan fingerprint density at radius 3 is 2.92 bits per heavy atom. The van der Waals surface area contributed by atoms with Crippen molar-refractivity contribution in [2.45, 2.75) is 25.0 Å². The fourth-order valence-electron chi connectivity index (χ4n) is 4.34. The minimum absolute atomic E-state index is 0.217. The molecule has 126 valence electrons. The van der Waals surface area contributed by atoms with Crippen molar-refractivity contribution >= 4 is 22.4 Å². The largest absolute Gasteiger partial charge is 0.451 e. The first-order valence-corrected chi connectivity index (χ1v) is 8.25. The Bertz CT molecular complexity index is 867. The van der Waals surface area contributed by atoms with Crippen LogP contribution < -0.4 is 0 Å². The summed E-state index contributed by atoms with van der Waals surface area (Å²) in [6.07, 6.45) is 5.11. The van der Waals surface area contributed by atoms with Gasteiger partial charge in [0, 0.05) is 43.7 Å². The number of hydrogen-bond donors (Lipinski definition) is 1. The molecule has 1 aromatic heterocycles. The van der Waals surface area contributed by atoms with Crippen molar-refractivity contribution in [1.82, 2.24) is 9.47 Å². The first-order chi connectivity index (χ1) is 11.4. The molecule has 24 heavy (non-hydrogen) atoms. The highest BCUT2D eigenvalue weighted by atomic mass is 16.6. The number of aliphatic hydroxyl groups is 1. The molecule has 1 aliphatic heterocycles. The molecule has 0 saturated carbocycles. The molecule has 2 heterocycles. The van der Waals surface area contributed by atoms with Crippen LogP contribution in [0.3, 0.4) is 0 Å². The summed E-state index contributed by atoms with van der Waals surface area (Å²) in [5.41, 5.74) is 3.90. The number of esters is 1. The van der Waals surface area contributed by atoms with Crippen molar-refractivity contribution in [2.75, 3.05) is 20.2 Å². The number of rotatable bonds is 2. The Labute approximate surface area is 141 Å². The summed E-state index contributed by atoms with van der Waals surface area (Å²) >= 11 is 0. The molecule has 5 nitrogen and oxygen atoms in total. The molecule has 0 spiro atoms. The van der Waals surface area contributed by atoms with Gasteiger partial charge in [0.15, 0.2) is 5.60 Å². The first kappa shape index (κ1) is 15.4. The van der Waals surface area contributed by atoms with Gasteiger partial charge >= 0.3 is 5.97 Å². The van der Waals surface area contributed by atoms with E-state index < -0.39 is 5.60 Å². The zero-order chi connectivity index (χ0) is 17.1. The second kappa shape index (κ2) is 5.19. The van der Waals surface area contributed by atoms with E-state index in [2.05, 4.69) is 40.9 Å². The summed E-state index contributed by atoms with van der Waals surface area (Å²) in [4.78, 5) is 13.7. The fraction of sp³-hybridized carbons (Fsp3) is 0.421. The summed E-state index contributed by atoms with van der Waals surface area (Å²) in [5.74, 6) is -0.373. The topological polar surface area (TPSA) is 54.7 Å². The highest BCUT2D eigenvalue weighted by molar-refractivity contribution is 5.99. The van der Waals surface area contributed by atoms with Gasteiger partial charge in [-0.2, -0.15) is 0 Å². The highest BCUT2D eigenvalue weighted by Gasteiger charge is 2.42. The average Bonchev–Trinajstić information content (AvgIpc) is 2.86. The monoisotopic (exact) mass is 326 g/mol. The van der Waals surface area contributed by atoms with Gasteiger partial charge in [0.25, 0.3) is 0 Å². The molecule has 0 bridgehead atoms. The maximum atomic E-state index is 11.6. The number of carbonyl (C=O) groups is 1. The molecule has 0 amide bonds. The molecule has 0 fully saturated rings. The maximum Gasteiger partial charge on any atom is 0.303 e. The fourth-order valence-corrected chi connectivity index (χ4v) is 4.34. The Hall–Kier alpha value is -2.11. The summed E-state index contributed by atoms with van der Waals surface area (Å²) in [7, 11) is 4.10. The summed E-state index contributed by atoms with van der Waals surface area (Å²) in [6, 6.07) is 6.55. The van der Waals surface area contributed by atoms with Crippen LogP contribution in [0.5, 0.6) is 0 Å². The number of carbonyl (C=O) groups excluding carboxylic acids is 1. The van der Waals surface area contributed by atoms with Gasteiger partial charge in [-0.3, -0.25) is 9.69 Å². The maximum absolute atomic E-state index is 11.6. The zero-order valence-electron chi connectivity index (χ0n) is 14.2. The second-order valence-electron chi connectivity index (χ2n) is 7.02. The van der Waals surface area contributed by atoms with Crippen molar-refractivity contribution in [1.29, 1.82) is 0 Å². The lowest BCUT2D eigenvalue weighted by atomic mass is 9.79. The predicted octanol–water partition coefficient (Wildman–Crippen LogP) is 1.73. The molecule has 0 unspecified atom stereocenters. The van der Waals surface area contributed by atoms with Crippen LogP contribution in [0.2, 0.25) is 0 Å². The van der Waals surface area contributed by atoms with Gasteiger partial charge in [-0.1, -0.05) is 12.1 Å². The Morgan fingerprint density at radius 2 is 2.21 bits per heavy atom. The zero-order valence-corrected chi connectivity index (χ0v) is 14.2. The van der Waals surface area contributed by atoms with E-state index >= 15 is 0 Å². The van der Waals surface area contributed by atoms with Gasteiger partial charge in [-0.15, -0.1) is 0 Å². The number of aryl methyl sites for hydroxylation is 1. The number of hydrogen-bond acceptors (Lipinski definition) is 4. The number of ether oxygens (including phenoxy) is 1. The molecule has 0 saturated heterocycles. The average molecular weight is 326 g/mol. The van der Waals surface area contributed by atoms with E-state index in [4.69, 9.17) is 4.74 Å². The molecule has 5 heteroatoms. The van der Waals surface area contributed by atoms with Crippen LogP contribution in [-0.4, -0.2) is 52.4 Å². The first-order valence-electron chi connectivity index (χ1n) is 8.25. The van der Waals surface area contributed by atoms with Crippen LogP contribution >= 0.6 is 0 Å². The lowest BCUT2D eigenvalue weighted by Gasteiger charge is -2.44. The number of benzene rings is 1. The Morgan fingerprint density at radius 1 is 1.42 bits per heavy atom. The van der Waals surface area contributed by atoms with Crippen LogP contribution in [0.1, 0.15) is 18.1 Å². The lowest BCUT2D eigenvalue weighted by Crippen LogP contribution is -2.54. The predicted molar refractivity (Wildman–Crippen MR) is 92.6 cm³/mol. The molecule has 1 aromatic carbocycles. The normalized spacial score (nSPS) is 26.2. The minimum Gasteiger partial charge on any atom is -0.451 e. The smallest absolute Gasteiger partial charge is 0.303 e. The van der Waals surface area contributed by atoms with E-state index in [9.17, 15) is 9.90 Å². The van der Waals surface area contributed by atoms with Crippen LogP contribution in [0.4, 0.5) is 0 Å². The highest BCUT2D eigenvalue weighted by Crippen LogP contribution is 2.42. The van der Waals surface area contributed by atoms with Crippen molar-refractivity contribution in [3.8, 4) is 0 Å². The van der Waals surface area contributed by atoms with Crippen molar-refractivity contribution in [3.05, 3.63) is 41.6 Å². The quantitative estimate of drug-likeness (QED) is 0.854. The van der Waals surface area contributed by atoms with Crippen LogP contribution in [-0.2, 0) is 23.0 Å². The number of nitrogens with zero attached hydrogens (tertiary/aromatic N) is 2. The van der Waals surface area contributed by atoms with E-state index in [-0.39, 0.29) is 18.6 Å². The molecule has 1 N–H and O–H groups in total. The summed E-state index contributed by atoms with van der Waals surface area (Å²) in [6.45, 7) is 1.67. The van der Waals surface area contributed by atoms with Gasteiger partial charge < -0.3 is 14.4 Å². The van der Waals surface area contributed by atoms with Crippen LogP contribution in [0, 0.1) is 0 Å². The van der Waals surface area contributed by atoms with Gasteiger partial charge in [-0.05, 0) is 42.3 Å². The molecule has 1 aliphatic carbocycles.